The molecule has 0 fully saturated rings. The van der Waals surface area contributed by atoms with Crippen LogP contribution in [0.4, 0.5) is 0 Å². The van der Waals surface area contributed by atoms with Gasteiger partial charge in [0.15, 0.2) is 5.16 Å². The molecule has 1 rings (SSSR count). The summed E-state index contributed by atoms with van der Waals surface area (Å²) in [7, 11) is 3.84. The molecule has 2 N–H and O–H groups in total. The lowest BCUT2D eigenvalue weighted by molar-refractivity contribution is 0.250. The Hall–Kier alpha value is -0.300. The van der Waals surface area contributed by atoms with Gasteiger partial charge in [0.1, 0.15) is 5.82 Å². The Kier molecular flexibility index (Phi) is 7.74. The van der Waals surface area contributed by atoms with Gasteiger partial charge in [-0.1, -0.05) is 18.7 Å². The molecule has 0 saturated heterocycles. The zero-order valence-electron chi connectivity index (χ0n) is 9.80. The number of nitrogens with zero attached hydrogens (tertiary/aromatic N) is 3. The van der Waals surface area contributed by atoms with E-state index in [4.69, 9.17) is 5.11 Å². The summed E-state index contributed by atoms with van der Waals surface area (Å²) in [6, 6.07) is 0. The molecule has 0 spiro atoms. The van der Waals surface area contributed by atoms with Crippen LogP contribution in [0.1, 0.15) is 12.7 Å². The Labute approximate surface area is 106 Å². The maximum Gasteiger partial charge on any atom is 0.190 e. The molecule has 0 saturated carbocycles. The number of hydrogen-bond acceptors (Lipinski definition) is 5. The Morgan fingerprint density at radius 3 is 2.75 bits per heavy atom. The van der Waals surface area contributed by atoms with Gasteiger partial charge in [-0.05, 0) is 13.0 Å². The third-order valence-corrected chi connectivity index (χ3v) is 3.42. The Bertz CT molecular complexity index is 308. The molecule has 0 aliphatic heterocycles. The van der Waals surface area contributed by atoms with E-state index >= 15 is 0 Å². The van der Waals surface area contributed by atoms with Gasteiger partial charge in [0, 0.05) is 19.4 Å². The summed E-state index contributed by atoms with van der Waals surface area (Å²) < 4.78 is 1.98. The molecular weight excluding hydrogens is 248 g/mol. The summed E-state index contributed by atoms with van der Waals surface area (Å²) in [5.41, 5.74) is 0. The van der Waals surface area contributed by atoms with E-state index in [0.717, 1.165) is 23.3 Å². The third-order valence-electron chi connectivity index (χ3n) is 2.07. The number of thioether (sulfide) groups is 1. The monoisotopic (exact) mass is 266 g/mol. The SMILES string of the molecule is CNCc1nnc(SC[C@@H](C)CO)n1C.Cl. The second-order valence-corrected chi connectivity index (χ2v) is 4.57. The van der Waals surface area contributed by atoms with Crippen molar-refractivity contribution in [2.24, 2.45) is 13.0 Å². The quantitative estimate of drug-likeness (QED) is 0.742. The molecule has 0 bridgehead atoms. The second-order valence-electron chi connectivity index (χ2n) is 3.59. The lowest BCUT2D eigenvalue weighted by atomic mass is 10.2. The van der Waals surface area contributed by atoms with Crippen LogP contribution in [0.25, 0.3) is 0 Å². The minimum atomic E-state index is 0. The average Bonchev–Trinajstić information content (AvgIpc) is 2.58. The Balaban J connectivity index is 0.00000225. The summed E-state index contributed by atoms with van der Waals surface area (Å²) in [4.78, 5) is 0. The van der Waals surface area contributed by atoms with E-state index in [1.54, 1.807) is 11.8 Å². The molecule has 1 heterocycles. The van der Waals surface area contributed by atoms with Crippen LogP contribution in [0, 0.1) is 5.92 Å². The van der Waals surface area contributed by atoms with E-state index in [0.29, 0.717) is 5.92 Å². The van der Waals surface area contributed by atoms with Crippen LogP contribution >= 0.6 is 24.2 Å². The number of rotatable bonds is 6. The van der Waals surface area contributed by atoms with Crippen molar-refractivity contribution >= 4 is 24.2 Å². The maximum absolute atomic E-state index is 8.91. The molecule has 16 heavy (non-hydrogen) atoms. The summed E-state index contributed by atoms with van der Waals surface area (Å²) in [6.07, 6.45) is 0. The van der Waals surface area contributed by atoms with Crippen LogP contribution in [0.3, 0.4) is 0 Å². The van der Waals surface area contributed by atoms with Gasteiger partial charge < -0.3 is 15.0 Å². The lowest BCUT2D eigenvalue weighted by Gasteiger charge is -2.06. The van der Waals surface area contributed by atoms with Crippen LogP contribution in [-0.4, -0.2) is 39.3 Å². The molecule has 1 atom stereocenters. The van der Waals surface area contributed by atoms with Crippen molar-refractivity contribution in [1.82, 2.24) is 20.1 Å². The molecular formula is C9H19ClN4OS. The zero-order chi connectivity index (χ0) is 11.3. The van der Waals surface area contributed by atoms with E-state index in [1.807, 2.05) is 25.6 Å². The minimum Gasteiger partial charge on any atom is -0.396 e. The normalized spacial score (nSPS) is 12.2. The number of aliphatic hydroxyl groups excluding tert-OH is 1. The zero-order valence-corrected chi connectivity index (χ0v) is 11.4. The fourth-order valence-electron chi connectivity index (χ4n) is 1.05. The van der Waals surface area contributed by atoms with Gasteiger partial charge >= 0.3 is 0 Å². The average molecular weight is 267 g/mol. The molecule has 0 unspecified atom stereocenters. The van der Waals surface area contributed by atoms with Gasteiger partial charge in [-0.3, -0.25) is 0 Å². The van der Waals surface area contributed by atoms with Crippen molar-refractivity contribution in [3.63, 3.8) is 0 Å². The van der Waals surface area contributed by atoms with Crippen LogP contribution in [0.2, 0.25) is 0 Å². The van der Waals surface area contributed by atoms with Gasteiger partial charge in [0.25, 0.3) is 0 Å². The highest BCUT2D eigenvalue weighted by Gasteiger charge is 2.09. The van der Waals surface area contributed by atoms with E-state index in [1.165, 1.54) is 0 Å². The molecule has 1 aromatic heterocycles. The first-order valence-corrected chi connectivity index (χ1v) is 5.94. The first-order chi connectivity index (χ1) is 7.19. The van der Waals surface area contributed by atoms with Crippen molar-refractivity contribution in [3.05, 3.63) is 5.82 Å². The second kappa shape index (κ2) is 7.89. The summed E-state index contributed by atoms with van der Waals surface area (Å²) in [6.45, 7) is 2.95. The predicted molar refractivity (Wildman–Crippen MR) is 68.0 cm³/mol. The molecule has 0 aromatic carbocycles. The van der Waals surface area contributed by atoms with Gasteiger partial charge in [0.2, 0.25) is 0 Å². The highest BCUT2D eigenvalue weighted by atomic mass is 35.5. The molecule has 94 valence electrons. The minimum absolute atomic E-state index is 0. The molecule has 7 heteroatoms. The molecule has 0 amide bonds. The molecule has 0 aliphatic carbocycles. The number of aromatic nitrogens is 3. The van der Waals surface area contributed by atoms with Crippen LogP contribution < -0.4 is 5.32 Å². The first-order valence-electron chi connectivity index (χ1n) is 4.95. The summed E-state index contributed by atoms with van der Waals surface area (Å²) >= 11 is 1.63. The molecule has 5 nitrogen and oxygen atoms in total. The van der Waals surface area contributed by atoms with E-state index in [-0.39, 0.29) is 19.0 Å². The number of halogens is 1. The smallest absolute Gasteiger partial charge is 0.190 e. The molecule has 0 aliphatic rings. The van der Waals surface area contributed by atoms with Gasteiger partial charge in [0.05, 0.1) is 6.54 Å². The van der Waals surface area contributed by atoms with Crippen molar-refractivity contribution in [2.45, 2.75) is 18.6 Å². The van der Waals surface area contributed by atoms with Crippen LogP contribution in [0.5, 0.6) is 0 Å². The Morgan fingerprint density at radius 2 is 2.19 bits per heavy atom. The highest BCUT2D eigenvalue weighted by Crippen LogP contribution is 2.18. The predicted octanol–water partition coefficient (Wildman–Crippen LogP) is 0.677. The van der Waals surface area contributed by atoms with Crippen molar-refractivity contribution in [2.75, 3.05) is 19.4 Å². The fourth-order valence-corrected chi connectivity index (χ4v) is 1.99. The largest absolute Gasteiger partial charge is 0.396 e. The number of nitrogens with one attached hydrogen (secondary N) is 1. The maximum atomic E-state index is 8.91. The van der Waals surface area contributed by atoms with Crippen molar-refractivity contribution in [1.29, 1.82) is 0 Å². The van der Waals surface area contributed by atoms with Crippen molar-refractivity contribution in [3.8, 4) is 0 Å². The highest BCUT2D eigenvalue weighted by molar-refractivity contribution is 7.99. The van der Waals surface area contributed by atoms with Crippen molar-refractivity contribution < 1.29 is 5.11 Å². The summed E-state index contributed by atoms with van der Waals surface area (Å²) in [5, 5.41) is 21.0. The van der Waals surface area contributed by atoms with E-state index in [2.05, 4.69) is 15.5 Å². The molecule has 1 aromatic rings. The van der Waals surface area contributed by atoms with Gasteiger partial charge in [-0.25, -0.2) is 0 Å². The lowest BCUT2D eigenvalue weighted by Crippen LogP contribution is -2.11. The summed E-state index contributed by atoms with van der Waals surface area (Å²) in [5.74, 6) is 2.08. The van der Waals surface area contributed by atoms with E-state index < -0.39 is 0 Å². The Morgan fingerprint density at radius 1 is 1.50 bits per heavy atom. The first kappa shape index (κ1) is 15.7. The van der Waals surface area contributed by atoms with Gasteiger partial charge in [-0.2, -0.15) is 0 Å². The standard InChI is InChI=1S/C9H18N4OS.ClH/c1-7(5-14)6-15-9-12-11-8(4-10-2)13(9)3;/h7,10,14H,4-6H2,1-3H3;1H/t7-;/m0./s1. The van der Waals surface area contributed by atoms with Gasteiger partial charge in [-0.15, -0.1) is 22.6 Å². The topological polar surface area (TPSA) is 63.0 Å². The number of aliphatic hydroxyl groups is 1. The number of hydrogen-bond donors (Lipinski definition) is 2. The van der Waals surface area contributed by atoms with Crippen LogP contribution in [-0.2, 0) is 13.6 Å². The molecule has 0 radical (unpaired) electrons. The fraction of sp³-hybridized carbons (Fsp3) is 0.778. The third kappa shape index (κ3) is 4.29. The van der Waals surface area contributed by atoms with Crippen LogP contribution in [0.15, 0.2) is 5.16 Å². The van der Waals surface area contributed by atoms with E-state index in [9.17, 15) is 0 Å².